The van der Waals surface area contributed by atoms with Gasteiger partial charge in [0, 0.05) is 66.3 Å². The number of alkyl halides is 6. The van der Waals surface area contributed by atoms with Gasteiger partial charge in [0.15, 0.2) is 5.78 Å². The number of hydrogen-bond donors (Lipinski definition) is 0. The first kappa shape index (κ1) is 41.9. The van der Waals surface area contributed by atoms with E-state index in [1.807, 2.05) is 0 Å². The normalized spacial score (nSPS) is 15.7. The average Bonchev–Trinajstić information content (AvgIpc) is 3.79. The molecule has 60 heavy (non-hydrogen) atoms. The van der Waals surface area contributed by atoms with Crippen LogP contribution in [0.2, 0.25) is 10.0 Å². The van der Waals surface area contributed by atoms with Crippen molar-refractivity contribution in [1.82, 2.24) is 9.47 Å². The molecule has 10 nitrogen and oxygen atoms in total. The Morgan fingerprint density at radius 2 is 1.35 bits per heavy atom. The van der Waals surface area contributed by atoms with Gasteiger partial charge < -0.3 is 9.47 Å². The van der Waals surface area contributed by atoms with Crippen LogP contribution < -0.4 is 0 Å². The molecule has 0 bridgehead atoms. The number of hydrogen-bond acceptors (Lipinski definition) is 6. The summed E-state index contributed by atoms with van der Waals surface area (Å²) in [4.78, 5) is 52.8. The van der Waals surface area contributed by atoms with E-state index in [-0.39, 0.29) is 63.9 Å². The highest BCUT2D eigenvalue weighted by atomic mass is 35.5. The summed E-state index contributed by atoms with van der Waals surface area (Å²) in [7, 11) is 0. The highest BCUT2D eigenvalue weighted by Crippen LogP contribution is 2.43. The molecule has 0 aliphatic carbocycles. The number of para-hydroxylation sites is 1. The summed E-state index contributed by atoms with van der Waals surface area (Å²) in [6.45, 7) is 0.0984. The van der Waals surface area contributed by atoms with Gasteiger partial charge in [-0.1, -0.05) is 65.7 Å². The molecule has 0 radical (unpaired) electrons. The fourth-order valence-electron chi connectivity index (χ4n) is 7.63. The standard InChI is InChI=1S/C42H28Cl2F6N4O6/c43-34-20-27(53(57)58)13-14-30(34)40(56)52-18-17-29(33-22-51(35-4-2-1-3-28(33)35)21-24-7-11-26(12-8-24)42(48,49)50)38(52)39(55)31-15-16-36(54(59)60)32(37(31)44)19-23-5-9-25(10-6-23)41(45,46)47/h1-16,20,22,29,38H,17-19,21H2. The first-order valence-electron chi connectivity index (χ1n) is 18.0. The van der Waals surface area contributed by atoms with Crippen molar-refractivity contribution in [2.75, 3.05) is 6.54 Å². The van der Waals surface area contributed by atoms with E-state index in [4.69, 9.17) is 23.2 Å². The average molecular weight is 870 g/mol. The van der Waals surface area contributed by atoms with Crippen LogP contribution in [0.15, 0.2) is 109 Å². The molecule has 1 saturated heterocycles. The van der Waals surface area contributed by atoms with Crippen LogP contribution in [0.5, 0.6) is 0 Å². The number of aromatic nitrogens is 1. The van der Waals surface area contributed by atoms with Crippen molar-refractivity contribution in [1.29, 1.82) is 0 Å². The number of halogens is 8. The molecule has 1 aliphatic heterocycles. The number of nitro groups is 2. The van der Waals surface area contributed by atoms with E-state index in [9.17, 15) is 51.4 Å². The lowest BCUT2D eigenvalue weighted by Crippen LogP contribution is -2.43. The summed E-state index contributed by atoms with van der Waals surface area (Å²) in [6.07, 6.45) is -7.57. The molecule has 1 fully saturated rings. The van der Waals surface area contributed by atoms with Crippen molar-refractivity contribution in [3.05, 3.63) is 184 Å². The Morgan fingerprint density at radius 1 is 0.750 bits per heavy atom. The maximum atomic E-state index is 15.0. The van der Waals surface area contributed by atoms with Gasteiger partial charge in [0.1, 0.15) is 6.04 Å². The van der Waals surface area contributed by atoms with Crippen LogP contribution in [-0.4, -0.2) is 43.6 Å². The number of nitro benzene ring substituents is 2. The molecule has 1 aromatic heterocycles. The first-order chi connectivity index (χ1) is 28.3. The lowest BCUT2D eigenvalue weighted by Gasteiger charge is -2.28. The number of likely N-dealkylation sites (tertiary alicyclic amines) is 1. The molecule has 0 spiro atoms. The van der Waals surface area contributed by atoms with E-state index in [1.165, 1.54) is 17.0 Å². The second-order valence-corrected chi connectivity index (χ2v) is 14.9. The zero-order chi connectivity index (χ0) is 43.3. The van der Waals surface area contributed by atoms with Crippen molar-refractivity contribution in [3.63, 3.8) is 0 Å². The highest BCUT2D eigenvalue weighted by molar-refractivity contribution is 6.36. The monoisotopic (exact) mass is 868 g/mol. The molecule has 308 valence electrons. The molecule has 18 heteroatoms. The van der Waals surface area contributed by atoms with Gasteiger partial charge in [-0.25, -0.2) is 0 Å². The Morgan fingerprint density at radius 3 is 1.93 bits per heavy atom. The van der Waals surface area contributed by atoms with Crippen LogP contribution in [0.3, 0.4) is 0 Å². The Balaban J connectivity index is 1.33. The summed E-state index contributed by atoms with van der Waals surface area (Å²) in [6, 6.07) is 19.7. The number of rotatable bonds is 10. The topological polar surface area (TPSA) is 129 Å². The van der Waals surface area contributed by atoms with Crippen LogP contribution in [0.4, 0.5) is 37.7 Å². The fraction of sp³-hybridized carbons (Fsp3) is 0.190. The minimum absolute atomic E-state index is 0.0331. The van der Waals surface area contributed by atoms with Crippen molar-refractivity contribution >= 4 is 57.2 Å². The summed E-state index contributed by atoms with van der Waals surface area (Å²) >= 11 is 13.2. The maximum Gasteiger partial charge on any atom is 0.416 e. The molecule has 0 saturated carbocycles. The molecule has 5 aromatic carbocycles. The smallest absolute Gasteiger partial charge is 0.343 e. The van der Waals surface area contributed by atoms with Gasteiger partial charge in [-0.3, -0.25) is 29.8 Å². The van der Waals surface area contributed by atoms with Crippen LogP contribution in [-0.2, 0) is 25.3 Å². The minimum Gasteiger partial charge on any atom is -0.343 e. The van der Waals surface area contributed by atoms with Gasteiger partial charge in [0.2, 0.25) is 0 Å². The second kappa shape index (κ2) is 16.1. The number of non-ortho nitro benzene ring substituents is 1. The zero-order valence-electron chi connectivity index (χ0n) is 30.6. The van der Waals surface area contributed by atoms with Crippen LogP contribution in [0.25, 0.3) is 10.9 Å². The van der Waals surface area contributed by atoms with E-state index in [1.54, 1.807) is 35.0 Å². The third kappa shape index (κ3) is 8.16. The molecule has 1 amide bonds. The summed E-state index contributed by atoms with van der Waals surface area (Å²) in [5.74, 6) is -2.27. The van der Waals surface area contributed by atoms with Crippen molar-refractivity contribution in [3.8, 4) is 0 Å². The maximum absolute atomic E-state index is 15.0. The largest absolute Gasteiger partial charge is 0.416 e. The van der Waals surface area contributed by atoms with E-state index in [2.05, 4.69) is 0 Å². The fourth-order valence-corrected chi connectivity index (χ4v) is 8.20. The molecule has 2 atom stereocenters. The van der Waals surface area contributed by atoms with Crippen LogP contribution in [0, 0.1) is 20.2 Å². The third-order valence-corrected chi connectivity index (χ3v) is 11.3. The Bertz CT molecular complexity index is 2680. The first-order valence-corrected chi connectivity index (χ1v) is 18.7. The highest BCUT2D eigenvalue weighted by Gasteiger charge is 2.45. The second-order valence-electron chi connectivity index (χ2n) is 14.1. The summed E-state index contributed by atoms with van der Waals surface area (Å²) in [5.41, 5.74) is -1.17. The van der Waals surface area contributed by atoms with Crippen LogP contribution in [0.1, 0.15) is 66.4 Å². The number of benzene rings is 5. The van der Waals surface area contributed by atoms with Gasteiger partial charge in [0.25, 0.3) is 17.3 Å². The van der Waals surface area contributed by atoms with E-state index in [0.717, 1.165) is 66.7 Å². The van der Waals surface area contributed by atoms with Gasteiger partial charge in [-0.2, -0.15) is 26.3 Å². The quantitative estimate of drug-likeness (QED) is 0.0583. The number of carbonyl (C=O) groups is 2. The lowest BCUT2D eigenvalue weighted by molar-refractivity contribution is -0.385. The zero-order valence-corrected chi connectivity index (χ0v) is 32.1. The number of ketones is 1. The molecular weight excluding hydrogens is 841 g/mol. The van der Waals surface area contributed by atoms with E-state index in [0.29, 0.717) is 22.0 Å². The van der Waals surface area contributed by atoms with Crippen molar-refractivity contribution in [2.24, 2.45) is 0 Å². The van der Waals surface area contributed by atoms with Gasteiger partial charge in [-0.05, 0) is 65.6 Å². The van der Waals surface area contributed by atoms with E-state index < -0.39 is 62.7 Å². The summed E-state index contributed by atoms with van der Waals surface area (Å²) < 4.78 is 81.6. The molecule has 0 N–H and O–H groups in total. The third-order valence-electron chi connectivity index (χ3n) is 10.5. The molecular formula is C42H28Cl2F6N4O6. The molecule has 6 aromatic rings. The predicted octanol–water partition coefficient (Wildman–Crippen LogP) is 11.3. The molecule has 2 unspecified atom stereocenters. The van der Waals surface area contributed by atoms with Crippen molar-refractivity contribution < 1.29 is 45.8 Å². The number of amides is 1. The lowest BCUT2D eigenvalue weighted by atomic mass is 9.86. The number of fused-ring (bicyclic) bond motifs is 1. The Hall–Kier alpha value is -6.26. The Labute approximate surface area is 345 Å². The SMILES string of the molecule is O=C(c1ccc([N+](=O)[O-])c(Cc2ccc(C(F)(F)F)cc2)c1Cl)C1C(c2cn(Cc3ccc(C(F)(F)F)cc3)c3ccccc23)CCN1C(=O)c1ccc([N+](=O)[O-])cc1Cl. The molecule has 7 rings (SSSR count). The molecule has 1 aliphatic rings. The molecule has 2 heterocycles. The Kier molecular flexibility index (Phi) is 11.2. The van der Waals surface area contributed by atoms with Gasteiger partial charge in [-0.15, -0.1) is 0 Å². The number of carbonyl (C=O) groups excluding carboxylic acids is 2. The number of Topliss-reactive ketones (excluding diaryl/α,β-unsaturated/α-hetero) is 1. The minimum atomic E-state index is -4.64. The number of nitrogens with zero attached hydrogens (tertiary/aromatic N) is 4. The predicted molar refractivity (Wildman–Crippen MR) is 209 cm³/mol. The van der Waals surface area contributed by atoms with Gasteiger partial charge in [0.05, 0.1) is 42.1 Å². The summed E-state index contributed by atoms with van der Waals surface area (Å²) in [5, 5.41) is 23.7. The van der Waals surface area contributed by atoms with Crippen LogP contribution >= 0.6 is 23.2 Å². The van der Waals surface area contributed by atoms with Gasteiger partial charge >= 0.3 is 12.4 Å². The van der Waals surface area contributed by atoms with E-state index >= 15 is 4.79 Å². The van der Waals surface area contributed by atoms with Crippen molar-refractivity contribution in [2.45, 2.75) is 43.7 Å².